The average Bonchev–Trinajstić information content (AvgIpc) is 3.20. The van der Waals surface area contributed by atoms with E-state index in [2.05, 4.69) is 15.3 Å². The van der Waals surface area contributed by atoms with Crippen molar-refractivity contribution >= 4 is 34.7 Å². The van der Waals surface area contributed by atoms with Gasteiger partial charge in [-0.05, 0) is 29.8 Å². The first kappa shape index (κ1) is 21.3. The molecule has 0 bridgehead atoms. The second kappa shape index (κ2) is 9.03. The Hall–Kier alpha value is -3.98. The van der Waals surface area contributed by atoms with Crippen molar-refractivity contribution in [3.8, 4) is 23.0 Å². The number of nitrogens with zero attached hydrogens (tertiary/aromatic N) is 2. The van der Waals surface area contributed by atoms with Crippen molar-refractivity contribution in [3.05, 3.63) is 64.9 Å². The number of hydrogen-bond acceptors (Lipinski definition) is 8. The zero-order valence-corrected chi connectivity index (χ0v) is 17.8. The van der Waals surface area contributed by atoms with Crippen LogP contribution < -0.4 is 19.5 Å². The van der Waals surface area contributed by atoms with E-state index in [1.165, 1.54) is 19.4 Å². The highest BCUT2D eigenvalue weighted by Crippen LogP contribution is 2.37. The maximum Gasteiger partial charge on any atom is 0.354 e. The summed E-state index contributed by atoms with van der Waals surface area (Å²) in [5, 5.41) is 12.6. The number of anilines is 1. The first-order valence-electron chi connectivity index (χ1n) is 9.39. The van der Waals surface area contributed by atoms with Crippen molar-refractivity contribution in [2.24, 2.45) is 0 Å². The van der Waals surface area contributed by atoms with E-state index in [9.17, 15) is 4.79 Å². The lowest BCUT2D eigenvalue weighted by atomic mass is 10.2. The number of aromatic nitrogens is 2. The minimum atomic E-state index is -1.13. The summed E-state index contributed by atoms with van der Waals surface area (Å²) < 4.78 is 22.0. The van der Waals surface area contributed by atoms with Gasteiger partial charge in [-0.25, -0.2) is 9.78 Å². The van der Waals surface area contributed by atoms with Crippen LogP contribution in [0.25, 0.3) is 11.1 Å². The maximum absolute atomic E-state index is 11.1. The van der Waals surface area contributed by atoms with Crippen LogP contribution in [0.4, 0.5) is 6.01 Å². The number of ether oxygens (including phenoxy) is 3. The summed E-state index contributed by atoms with van der Waals surface area (Å²) in [6.45, 7) is 0.352. The van der Waals surface area contributed by atoms with E-state index in [4.69, 9.17) is 35.3 Å². The Morgan fingerprint density at radius 2 is 1.94 bits per heavy atom. The first-order valence-corrected chi connectivity index (χ1v) is 9.77. The summed E-state index contributed by atoms with van der Waals surface area (Å²) in [5.41, 5.74) is 1.79. The number of nitrogens with one attached hydrogen (secondary N) is 1. The largest absolute Gasteiger partial charge is 0.493 e. The third-order valence-electron chi connectivity index (χ3n) is 4.54. The molecule has 0 saturated heterocycles. The lowest BCUT2D eigenvalue weighted by Gasteiger charge is -2.12. The fourth-order valence-electron chi connectivity index (χ4n) is 3.01. The highest BCUT2D eigenvalue weighted by Gasteiger charge is 2.14. The number of pyridine rings is 1. The van der Waals surface area contributed by atoms with Crippen molar-refractivity contribution in [1.29, 1.82) is 0 Å². The molecule has 9 nitrogen and oxygen atoms in total. The Bertz CT molecular complexity index is 1290. The van der Waals surface area contributed by atoms with Crippen molar-refractivity contribution in [2.75, 3.05) is 19.5 Å². The number of rotatable bonds is 8. The van der Waals surface area contributed by atoms with Gasteiger partial charge in [0.05, 0.1) is 19.2 Å². The molecule has 0 aliphatic rings. The van der Waals surface area contributed by atoms with Crippen LogP contribution in [0.15, 0.2) is 53.1 Å². The molecule has 0 radical (unpaired) electrons. The van der Waals surface area contributed by atoms with Crippen LogP contribution in [0.1, 0.15) is 16.1 Å². The average molecular weight is 456 g/mol. The minimum absolute atomic E-state index is 0.108. The first-order chi connectivity index (χ1) is 15.5. The lowest BCUT2D eigenvalue weighted by Crippen LogP contribution is -2.02. The van der Waals surface area contributed by atoms with Gasteiger partial charge in [0.2, 0.25) is 0 Å². The molecule has 32 heavy (non-hydrogen) atoms. The summed E-state index contributed by atoms with van der Waals surface area (Å²) in [6.07, 6.45) is 1.37. The topological polar surface area (TPSA) is 116 Å². The number of halogens is 1. The van der Waals surface area contributed by atoms with Crippen LogP contribution in [0.2, 0.25) is 5.02 Å². The molecular formula is C22H18ClN3O6. The molecule has 2 N–H and O–H groups in total. The molecule has 4 rings (SSSR count). The molecule has 0 atom stereocenters. The number of aromatic carboxylic acids is 1. The van der Waals surface area contributed by atoms with Crippen LogP contribution >= 0.6 is 11.6 Å². The third kappa shape index (κ3) is 4.37. The van der Waals surface area contributed by atoms with Crippen LogP contribution in [-0.4, -0.2) is 35.3 Å². The van der Waals surface area contributed by atoms with Crippen LogP contribution in [0.5, 0.6) is 23.0 Å². The van der Waals surface area contributed by atoms with Crippen molar-refractivity contribution in [1.82, 2.24) is 9.97 Å². The Morgan fingerprint density at radius 3 is 2.69 bits per heavy atom. The molecule has 0 amide bonds. The highest BCUT2D eigenvalue weighted by molar-refractivity contribution is 6.33. The smallest absolute Gasteiger partial charge is 0.354 e. The Kier molecular flexibility index (Phi) is 6.00. The van der Waals surface area contributed by atoms with Crippen molar-refractivity contribution < 1.29 is 28.5 Å². The molecular weight excluding hydrogens is 438 g/mol. The zero-order chi connectivity index (χ0) is 22.7. The van der Waals surface area contributed by atoms with Crippen LogP contribution in [0, 0.1) is 0 Å². The van der Waals surface area contributed by atoms with Gasteiger partial charge in [0.15, 0.2) is 22.8 Å². The van der Waals surface area contributed by atoms with Gasteiger partial charge in [0, 0.05) is 24.9 Å². The van der Waals surface area contributed by atoms with E-state index in [1.54, 1.807) is 37.4 Å². The molecule has 0 aliphatic carbocycles. The zero-order valence-electron chi connectivity index (χ0n) is 17.1. The summed E-state index contributed by atoms with van der Waals surface area (Å²) in [6, 6.07) is 11.9. The van der Waals surface area contributed by atoms with Crippen molar-refractivity contribution in [2.45, 2.75) is 6.54 Å². The number of hydrogen-bond donors (Lipinski definition) is 2. The lowest BCUT2D eigenvalue weighted by molar-refractivity contribution is 0.0690. The summed E-state index contributed by atoms with van der Waals surface area (Å²) in [4.78, 5) is 19.2. The molecule has 2 heterocycles. The third-order valence-corrected chi connectivity index (χ3v) is 4.96. The number of fused-ring (bicyclic) bond motifs is 1. The van der Waals surface area contributed by atoms with E-state index in [-0.39, 0.29) is 5.69 Å². The van der Waals surface area contributed by atoms with Gasteiger partial charge in [-0.15, -0.1) is 0 Å². The van der Waals surface area contributed by atoms with Crippen molar-refractivity contribution in [3.63, 3.8) is 0 Å². The Morgan fingerprint density at radius 1 is 1.12 bits per heavy atom. The molecule has 0 spiro atoms. The predicted molar refractivity (Wildman–Crippen MR) is 117 cm³/mol. The van der Waals surface area contributed by atoms with Gasteiger partial charge >= 0.3 is 5.97 Å². The van der Waals surface area contributed by atoms with E-state index >= 15 is 0 Å². The summed E-state index contributed by atoms with van der Waals surface area (Å²) >= 11 is 6.41. The number of carbonyl (C=O) groups is 1. The SMILES string of the molecule is COc1ccc(CNc2nc3ccc(Oc4ccnc(C(=O)O)c4)cc3o2)c(Cl)c1OC. The van der Waals surface area contributed by atoms with Gasteiger partial charge in [0.25, 0.3) is 6.01 Å². The number of oxazole rings is 1. The second-order valence-corrected chi connectivity index (χ2v) is 6.94. The Balaban J connectivity index is 1.50. The predicted octanol–water partition coefficient (Wildman–Crippen LogP) is 5.00. The number of methoxy groups -OCH3 is 2. The molecule has 0 fully saturated rings. The second-order valence-electron chi connectivity index (χ2n) is 6.56. The standard InChI is InChI=1S/C22H18ClN3O6/c1-29-17-6-3-12(19(23)20(17)30-2)11-25-22-26-15-5-4-13(10-18(15)32-22)31-14-7-8-24-16(9-14)21(27)28/h3-10H,11H2,1-2H3,(H,25,26)(H,27,28). The Labute approximate surface area is 187 Å². The van der Waals surface area contributed by atoms with E-state index < -0.39 is 5.97 Å². The van der Waals surface area contributed by atoms with E-state index in [0.29, 0.717) is 51.7 Å². The van der Waals surface area contributed by atoms with E-state index in [0.717, 1.165) is 5.56 Å². The molecule has 0 saturated carbocycles. The highest BCUT2D eigenvalue weighted by atomic mass is 35.5. The summed E-state index contributed by atoms with van der Waals surface area (Å²) in [7, 11) is 3.07. The molecule has 4 aromatic rings. The molecule has 10 heteroatoms. The van der Waals surface area contributed by atoms with Gasteiger partial charge in [0.1, 0.15) is 17.0 Å². The molecule has 2 aromatic carbocycles. The number of benzene rings is 2. The number of carboxylic acid groups (broad SMARTS) is 1. The quantitative estimate of drug-likeness (QED) is 0.378. The molecule has 164 valence electrons. The molecule has 2 aromatic heterocycles. The minimum Gasteiger partial charge on any atom is -0.493 e. The van der Waals surface area contributed by atoms with E-state index in [1.807, 2.05) is 6.07 Å². The van der Waals surface area contributed by atoms with Gasteiger partial charge in [-0.2, -0.15) is 4.98 Å². The monoisotopic (exact) mass is 455 g/mol. The fourth-order valence-corrected chi connectivity index (χ4v) is 3.31. The van der Waals surface area contributed by atoms with Gasteiger partial charge < -0.3 is 29.1 Å². The van der Waals surface area contributed by atoms with Gasteiger partial charge in [-0.3, -0.25) is 0 Å². The maximum atomic E-state index is 11.1. The normalized spacial score (nSPS) is 10.7. The number of carboxylic acids is 1. The fraction of sp³-hybridized carbons (Fsp3) is 0.136. The molecule has 0 aliphatic heterocycles. The van der Waals surface area contributed by atoms with Crippen LogP contribution in [-0.2, 0) is 6.54 Å². The molecule has 0 unspecified atom stereocenters. The summed E-state index contributed by atoms with van der Waals surface area (Å²) in [5.74, 6) is 0.671. The van der Waals surface area contributed by atoms with Crippen LogP contribution in [0.3, 0.4) is 0 Å². The van der Waals surface area contributed by atoms with Gasteiger partial charge in [-0.1, -0.05) is 17.7 Å².